The van der Waals surface area contributed by atoms with Crippen molar-refractivity contribution < 1.29 is 0 Å². The molecule has 4 heteroatoms. The Kier molecular flexibility index (Phi) is 4.04. The molecule has 2 nitrogen and oxygen atoms in total. The highest BCUT2D eigenvalue weighted by molar-refractivity contribution is 9.10. The third-order valence-electron chi connectivity index (χ3n) is 4.84. The van der Waals surface area contributed by atoms with E-state index in [-0.39, 0.29) is 0 Å². The van der Waals surface area contributed by atoms with Gasteiger partial charge in [0.15, 0.2) is 0 Å². The van der Waals surface area contributed by atoms with Crippen LogP contribution < -0.4 is 4.90 Å². The maximum atomic E-state index is 6.06. The molecule has 1 aliphatic heterocycles. The largest absolute Gasteiger partial charge is 0.356 e. The van der Waals surface area contributed by atoms with Gasteiger partial charge < -0.3 is 4.90 Å². The highest BCUT2D eigenvalue weighted by Gasteiger charge is 2.37. The van der Waals surface area contributed by atoms with Crippen molar-refractivity contribution in [2.75, 3.05) is 18.0 Å². The lowest BCUT2D eigenvalue weighted by Crippen LogP contribution is -2.39. The van der Waals surface area contributed by atoms with Crippen molar-refractivity contribution in [3.8, 4) is 0 Å². The number of piperidine rings is 1. The zero-order valence-corrected chi connectivity index (χ0v) is 13.5. The van der Waals surface area contributed by atoms with E-state index in [0.717, 1.165) is 28.9 Å². The molecule has 1 aromatic heterocycles. The zero-order chi connectivity index (χ0) is 13.3. The van der Waals surface area contributed by atoms with Gasteiger partial charge in [0.05, 0.1) is 5.88 Å². The van der Waals surface area contributed by atoms with Gasteiger partial charge in [-0.15, -0.1) is 11.6 Å². The van der Waals surface area contributed by atoms with Crippen molar-refractivity contribution in [3.05, 3.63) is 22.3 Å². The Morgan fingerprint density at radius 1 is 1.21 bits per heavy atom. The SMILES string of the molecule is ClCc1cc(Br)cnc1N1CCC2(CCCC2)CC1. The van der Waals surface area contributed by atoms with E-state index in [9.17, 15) is 0 Å². The summed E-state index contributed by atoms with van der Waals surface area (Å²) in [6.45, 7) is 2.27. The molecular weight excluding hydrogens is 324 g/mol. The molecule has 0 bridgehead atoms. The van der Waals surface area contributed by atoms with Crippen molar-refractivity contribution in [2.24, 2.45) is 5.41 Å². The molecule has 1 spiro atoms. The van der Waals surface area contributed by atoms with Crippen LogP contribution in [0.3, 0.4) is 0 Å². The first-order chi connectivity index (χ1) is 9.22. The summed E-state index contributed by atoms with van der Waals surface area (Å²) in [5.41, 5.74) is 1.80. The molecule has 0 radical (unpaired) electrons. The predicted molar refractivity (Wildman–Crippen MR) is 83.8 cm³/mol. The Bertz CT molecular complexity index is 447. The molecule has 104 valence electrons. The Balaban J connectivity index is 1.74. The minimum atomic E-state index is 0.531. The first kappa shape index (κ1) is 13.7. The fourth-order valence-corrected chi connectivity index (χ4v) is 4.25. The van der Waals surface area contributed by atoms with Crippen LogP contribution in [-0.2, 0) is 5.88 Å². The number of anilines is 1. The smallest absolute Gasteiger partial charge is 0.133 e. The molecule has 2 heterocycles. The minimum Gasteiger partial charge on any atom is -0.356 e. The van der Waals surface area contributed by atoms with Gasteiger partial charge in [-0.2, -0.15) is 0 Å². The van der Waals surface area contributed by atoms with Crippen LogP contribution in [0.5, 0.6) is 0 Å². The first-order valence-electron chi connectivity index (χ1n) is 7.18. The van der Waals surface area contributed by atoms with Crippen LogP contribution in [-0.4, -0.2) is 18.1 Å². The van der Waals surface area contributed by atoms with E-state index in [1.807, 2.05) is 6.20 Å². The van der Waals surface area contributed by atoms with Crippen molar-refractivity contribution in [1.82, 2.24) is 4.98 Å². The van der Waals surface area contributed by atoms with Crippen LogP contribution in [0.4, 0.5) is 5.82 Å². The monoisotopic (exact) mass is 342 g/mol. The average Bonchev–Trinajstić information content (AvgIpc) is 2.88. The van der Waals surface area contributed by atoms with E-state index >= 15 is 0 Å². The van der Waals surface area contributed by atoms with Gasteiger partial charge in [0.2, 0.25) is 0 Å². The van der Waals surface area contributed by atoms with E-state index in [1.54, 1.807) is 0 Å². The van der Waals surface area contributed by atoms with Crippen LogP contribution in [0.1, 0.15) is 44.1 Å². The summed E-state index contributed by atoms with van der Waals surface area (Å²) >= 11 is 9.53. The van der Waals surface area contributed by atoms with Crippen LogP contribution in [0.25, 0.3) is 0 Å². The van der Waals surface area contributed by atoms with E-state index in [1.165, 1.54) is 38.5 Å². The molecule has 19 heavy (non-hydrogen) atoms. The highest BCUT2D eigenvalue weighted by atomic mass is 79.9. The minimum absolute atomic E-state index is 0.531. The second-order valence-corrected chi connectivity index (χ2v) is 7.15. The van der Waals surface area contributed by atoms with Crippen LogP contribution in [0.2, 0.25) is 0 Å². The van der Waals surface area contributed by atoms with Crippen molar-refractivity contribution in [2.45, 2.75) is 44.4 Å². The van der Waals surface area contributed by atoms with E-state index in [4.69, 9.17) is 11.6 Å². The maximum absolute atomic E-state index is 6.06. The highest BCUT2D eigenvalue weighted by Crippen LogP contribution is 2.46. The zero-order valence-electron chi connectivity index (χ0n) is 11.2. The lowest BCUT2D eigenvalue weighted by atomic mass is 9.77. The van der Waals surface area contributed by atoms with Crippen molar-refractivity contribution in [3.63, 3.8) is 0 Å². The molecule has 3 rings (SSSR count). The van der Waals surface area contributed by atoms with Gasteiger partial charge in [-0.1, -0.05) is 12.8 Å². The molecular formula is C15H20BrClN2. The molecule has 0 aromatic carbocycles. The molecule has 0 amide bonds. The number of hydrogen-bond donors (Lipinski definition) is 0. The van der Waals surface area contributed by atoms with E-state index < -0.39 is 0 Å². The summed E-state index contributed by atoms with van der Waals surface area (Å²) in [6.07, 6.45) is 10.3. The van der Waals surface area contributed by atoms with Crippen LogP contribution in [0, 0.1) is 5.41 Å². The average molecular weight is 344 g/mol. The quantitative estimate of drug-likeness (QED) is 0.721. The van der Waals surface area contributed by atoms with Gasteiger partial charge in [0, 0.05) is 29.3 Å². The standard InChI is InChI=1S/C15H20BrClN2/c16-13-9-12(10-17)14(18-11-13)19-7-5-15(6-8-19)3-1-2-4-15/h9,11H,1-8,10H2. The van der Waals surface area contributed by atoms with E-state index in [2.05, 4.69) is 31.9 Å². The summed E-state index contributed by atoms with van der Waals surface area (Å²) in [6, 6.07) is 2.09. The first-order valence-corrected chi connectivity index (χ1v) is 8.51. The van der Waals surface area contributed by atoms with E-state index in [0.29, 0.717) is 11.3 Å². The molecule has 1 saturated carbocycles. The molecule has 2 fully saturated rings. The summed E-state index contributed by atoms with van der Waals surface area (Å²) < 4.78 is 1.01. The number of rotatable bonds is 2. The van der Waals surface area contributed by atoms with Crippen LogP contribution in [0.15, 0.2) is 16.7 Å². The lowest BCUT2D eigenvalue weighted by molar-refractivity contribution is 0.226. The Hall–Kier alpha value is -0.280. The third kappa shape index (κ3) is 2.78. The molecule has 1 saturated heterocycles. The van der Waals surface area contributed by atoms with Gasteiger partial charge in [-0.3, -0.25) is 0 Å². The summed E-state index contributed by atoms with van der Waals surface area (Å²) in [5.74, 6) is 1.62. The topological polar surface area (TPSA) is 16.1 Å². The van der Waals surface area contributed by atoms with Crippen molar-refractivity contribution >= 4 is 33.3 Å². The van der Waals surface area contributed by atoms with Gasteiger partial charge >= 0.3 is 0 Å². The lowest BCUT2D eigenvalue weighted by Gasteiger charge is -2.40. The molecule has 0 unspecified atom stereocenters. The number of halogens is 2. The summed E-state index contributed by atoms with van der Waals surface area (Å²) in [7, 11) is 0. The fourth-order valence-electron chi connectivity index (χ4n) is 3.67. The summed E-state index contributed by atoms with van der Waals surface area (Å²) in [5, 5.41) is 0. The predicted octanol–water partition coefficient (Wildman–Crippen LogP) is 4.74. The van der Waals surface area contributed by atoms with Crippen LogP contribution >= 0.6 is 27.5 Å². The molecule has 2 aliphatic rings. The second-order valence-electron chi connectivity index (χ2n) is 5.96. The van der Waals surface area contributed by atoms with Gasteiger partial charge in [-0.05, 0) is 53.1 Å². The molecule has 0 N–H and O–H groups in total. The maximum Gasteiger partial charge on any atom is 0.133 e. The summed E-state index contributed by atoms with van der Waals surface area (Å²) in [4.78, 5) is 7.01. The normalized spacial score (nSPS) is 22.1. The van der Waals surface area contributed by atoms with Gasteiger partial charge in [0.1, 0.15) is 5.82 Å². The Labute approximate surface area is 128 Å². The molecule has 0 atom stereocenters. The second kappa shape index (κ2) is 5.61. The number of hydrogen-bond acceptors (Lipinski definition) is 2. The Morgan fingerprint density at radius 3 is 2.53 bits per heavy atom. The number of aromatic nitrogens is 1. The number of pyridine rings is 1. The van der Waals surface area contributed by atoms with Gasteiger partial charge in [-0.25, -0.2) is 4.98 Å². The third-order valence-corrected chi connectivity index (χ3v) is 5.56. The molecule has 1 aromatic rings. The van der Waals surface area contributed by atoms with Crippen molar-refractivity contribution in [1.29, 1.82) is 0 Å². The fraction of sp³-hybridized carbons (Fsp3) is 0.667. The van der Waals surface area contributed by atoms with Gasteiger partial charge in [0.25, 0.3) is 0 Å². The number of alkyl halides is 1. The number of nitrogens with zero attached hydrogens (tertiary/aromatic N) is 2. The Morgan fingerprint density at radius 2 is 1.89 bits per heavy atom. The molecule has 1 aliphatic carbocycles.